The molecule has 2 saturated heterocycles. The summed E-state index contributed by atoms with van der Waals surface area (Å²) in [6.45, 7) is 3.24. The predicted octanol–water partition coefficient (Wildman–Crippen LogP) is 2.29. The van der Waals surface area contributed by atoms with Crippen LogP contribution in [0, 0.1) is 0 Å². The van der Waals surface area contributed by atoms with Crippen LogP contribution < -0.4 is 15.1 Å². The quantitative estimate of drug-likeness (QED) is 0.768. The van der Waals surface area contributed by atoms with Crippen LogP contribution in [0.5, 0.6) is 0 Å². The van der Waals surface area contributed by atoms with Crippen molar-refractivity contribution in [3.63, 3.8) is 0 Å². The lowest BCUT2D eigenvalue weighted by Gasteiger charge is -2.22. The van der Waals surface area contributed by atoms with E-state index in [1.807, 2.05) is 0 Å². The Morgan fingerprint density at radius 2 is 2.04 bits per heavy atom. The van der Waals surface area contributed by atoms with Crippen LogP contribution in [0.25, 0.3) is 0 Å². The fourth-order valence-corrected chi connectivity index (χ4v) is 2.89. The van der Waals surface area contributed by atoms with Gasteiger partial charge < -0.3 is 14.8 Å². The normalized spacial score (nSPS) is 19.5. The van der Waals surface area contributed by atoms with E-state index in [4.69, 9.17) is 9.47 Å². The fraction of sp³-hybridized carbons (Fsp3) is 0.353. The number of hydrogen-bond acceptors (Lipinski definition) is 5. The smallest absolute Gasteiger partial charge is 0.418 e. The highest BCUT2D eigenvalue weighted by Gasteiger charge is 2.40. The van der Waals surface area contributed by atoms with Crippen LogP contribution in [0.2, 0.25) is 0 Å². The molecule has 11 heteroatoms. The minimum atomic E-state index is -4.75. The van der Waals surface area contributed by atoms with E-state index in [9.17, 15) is 27.6 Å². The average molecular weight is 399 g/mol. The van der Waals surface area contributed by atoms with Crippen molar-refractivity contribution in [3.05, 3.63) is 36.4 Å². The molecule has 1 atom stereocenters. The lowest BCUT2D eigenvalue weighted by atomic mass is 10.1. The van der Waals surface area contributed by atoms with Crippen LogP contribution in [-0.4, -0.2) is 50.4 Å². The third-order valence-electron chi connectivity index (χ3n) is 4.21. The highest BCUT2D eigenvalue weighted by Crippen LogP contribution is 2.40. The van der Waals surface area contributed by atoms with Gasteiger partial charge in [0, 0.05) is 5.69 Å². The minimum Gasteiger partial charge on any atom is -0.447 e. The maximum Gasteiger partial charge on any atom is 0.418 e. The highest BCUT2D eigenvalue weighted by atomic mass is 19.4. The van der Waals surface area contributed by atoms with Crippen molar-refractivity contribution in [1.29, 1.82) is 0 Å². The molecule has 150 valence electrons. The average Bonchev–Trinajstić information content (AvgIpc) is 3.23. The zero-order valence-corrected chi connectivity index (χ0v) is 14.5. The summed E-state index contributed by atoms with van der Waals surface area (Å²) in [5, 5.41) is 2.45. The van der Waals surface area contributed by atoms with Gasteiger partial charge in [-0.05, 0) is 24.3 Å². The molecule has 2 aliphatic rings. The first-order valence-corrected chi connectivity index (χ1v) is 8.24. The molecule has 0 unspecified atom stereocenters. The van der Waals surface area contributed by atoms with E-state index >= 15 is 0 Å². The number of hydrogen-bond donors (Lipinski definition) is 1. The Morgan fingerprint density at radius 1 is 1.29 bits per heavy atom. The van der Waals surface area contributed by atoms with Crippen molar-refractivity contribution in [3.8, 4) is 0 Å². The monoisotopic (exact) mass is 399 g/mol. The van der Waals surface area contributed by atoms with Gasteiger partial charge in [-0.1, -0.05) is 6.58 Å². The summed E-state index contributed by atoms with van der Waals surface area (Å²) in [5.41, 5.74) is -1.45. The largest absolute Gasteiger partial charge is 0.447 e. The molecule has 3 amide bonds. The van der Waals surface area contributed by atoms with Crippen molar-refractivity contribution >= 4 is 29.5 Å². The number of nitrogens with zero attached hydrogens (tertiary/aromatic N) is 2. The second-order valence-corrected chi connectivity index (χ2v) is 6.03. The molecule has 0 spiro atoms. The van der Waals surface area contributed by atoms with Gasteiger partial charge in [0.1, 0.15) is 12.7 Å². The van der Waals surface area contributed by atoms with Gasteiger partial charge >= 0.3 is 18.4 Å². The van der Waals surface area contributed by atoms with Gasteiger partial charge in [0.05, 0.1) is 30.9 Å². The molecule has 2 heterocycles. The number of cyclic esters (lactones) is 2. The molecular weight excluding hydrogens is 383 g/mol. The lowest BCUT2D eigenvalue weighted by molar-refractivity contribution is -0.137. The molecule has 0 aromatic heterocycles. The Hall–Kier alpha value is -3.24. The van der Waals surface area contributed by atoms with Gasteiger partial charge in [-0.25, -0.2) is 9.59 Å². The SMILES string of the molecule is C=CC(=O)NC[C@H]1CN(c2ccc(N3CCOC3=O)c(C(F)(F)F)c2)C(=O)O1. The summed E-state index contributed by atoms with van der Waals surface area (Å²) in [6.07, 6.45) is -6.13. The summed E-state index contributed by atoms with van der Waals surface area (Å²) in [6, 6.07) is 3.19. The Kier molecular flexibility index (Phi) is 5.16. The number of carbonyl (C=O) groups is 3. The molecule has 1 aromatic rings. The molecule has 3 rings (SSSR count). The van der Waals surface area contributed by atoms with Gasteiger partial charge in [-0.2, -0.15) is 13.2 Å². The summed E-state index contributed by atoms with van der Waals surface area (Å²) < 4.78 is 50.4. The van der Waals surface area contributed by atoms with E-state index < -0.39 is 35.9 Å². The molecule has 0 saturated carbocycles. The lowest BCUT2D eigenvalue weighted by Crippen LogP contribution is -2.33. The molecule has 0 aliphatic carbocycles. The Bertz CT molecular complexity index is 827. The summed E-state index contributed by atoms with van der Waals surface area (Å²) in [7, 11) is 0. The number of rotatable bonds is 5. The summed E-state index contributed by atoms with van der Waals surface area (Å²) >= 11 is 0. The fourth-order valence-electron chi connectivity index (χ4n) is 2.89. The topological polar surface area (TPSA) is 88.2 Å². The molecule has 1 aromatic carbocycles. The molecule has 2 aliphatic heterocycles. The Labute approximate surface area is 157 Å². The summed E-state index contributed by atoms with van der Waals surface area (Å²) in [5.74, 6) is -0.462. The van der Waals surface area contributed by atoms with Crippen LogP contribution in [0.15, 0.2) is 30.9 Å². The number of amides is 3. The first kappa shape index (κ1) is 19.5. The number of alkyl halides is 3. The number of benzene rings is 1. The van der Waals surface area contributed by atoms with Gasteiger partial charge in [-0.3, -0.25) is 14.6 Å². The van der Waals surface area contributed by atoms with E-state index in [0.717, 1.165) is 28.0 Å². The van der Waals surface area contributed by atoms with Gasteiger partial charge in [-0.15, -0.1) is 0 Å². The summed E-state index contributed by atoms with van der Waals surface area (Å²) in [4.78, 5) is 36.8. The molecule has 8 nitrogen and oxygen atoms in total. The van der Waals surface area contributed by atoms with Crippen LogP contribution in [-0.2, 0) is 20.4 Å². The number of carbonyl (C=O) groups excluding carboxylic acids is 3. The van der Waals surface area contributed by atoms with Gasteiger partial charge in [0.2, 0.25) is 5.91 Å². The molecule has 1 N–H and O–H groups in total. The Morgan fingerprint density at radius 3 is 2.64 bits per heavy atom. The second-order valence-electron chi connectivity index (χ2n) is 6.03. The maximum atomic E-state index is 13.5. The van der Waals surface area contributed by atoms with Crippen molar-refractivity contribution in [2.45, 2.75) is 12.3 Å². The number of nitrogens with one attached hydrogen (secondary N) is 1. The third-order valence-corrected chi connectivity index (χ3v) is 4.21. The van der Waals surface area contributed by atoms with E-state index in [1.165, 1.54) is 6.07 Å². The van der Waals surface area contributed by atoms with E-state index in [-0.39, 0.29) is 37.6 Å². The van der Waals surface area contributed by atoms with Crippen molar-refractivity contribution in [2.24, 2.45) is 0 Å². The van der Waals surface area contributed by atoms with Gasteiger partial charge in [0.25, 0.3) is 0 Å². The molecular formula is C17H16F3N3O5. The Balaban J connectivity index is 1.84. The van der Waals surface area contributed by atoms with Crippen LogP contribution >= 0.6 is 0 Å². The van der Waals surface area contributed by atoms with Gasteiger partial charge in [0.15, 0.2) is 0 Å². The van der Waals surface area contributed by atoms with Crippen LogP contribution in [0.3, 0.4) is 0 Å². The van der Waals surface area contributed by atoms with E-state index in [0.29, 0.717) is 0 Å². The van der Waals surface area contributed by atoms with Crippen LogP contribution in [0.1, 0.15) is 5.56 Å². The van der Waals surface area contributed by atoms with E-state index in [2.05, 4.69) is 11.9 Å². The molecule has 0 radical (unpaired) electrons. The maximum absolute atomic E-state index is 13.5. The van der Waals surface area contributed by atoms with Crippen molar-refractivity contribution in [2.75, 3.05) is 36.0 Å². The van der Waals surface area contributed by atoms with Crippen molar-refractivity contribution in [1.82, 2.24) is 5.32 Å². The second kappa shape index (κ2) is 7.41. The molecule has 28 heavy (non-hydrogen) atoms. The highest BCUT2D eigenvalue weighted by molar-refractivity contribution is 5.93. The molecule has 0 bridgehead atoms. The number of ether oxygens (including phenoxy) is 2. The third kappa shape index (κ3) is 3.87. The zero-order valence-electron chi connectivity index (χ0n) is 14.5. The number of halogens is 3. The number of anilines is 2. The van der Waals surface area contributed by atoms with Crippen LogP contribution in [0.4, 0.5) is 34.1 Å². The van der Waals surface area contributed by atoms with Crippen molar-refractivity contribution < 1.29 is 37.0 Å². The first-order valence-electron chi connectivity index (χ1n) is 8.24. The molecule has 2 fully saturated rings. The van der Waals surface area contributed by atoms with E-state index in [1.54, 1.807) is 0 Å². The minimum absolute atomic E-state index is 0.00189. The predicted molar refractivity (Wildman–Crippen MR) is 91.0 cm³/mol. The zero-order chi connectivity index (χ0) is 20.5. The first-order chi connectivity index (χ1) is 13.2. The standard InChI is InChI=1S/C17H16F3N3O5/c1-2-14(24)21-8-11-9-23(16(26)28-11)10-3-4-13(12(7-10)17(18,19)20)22-5-6-27-15(22)25/h2-4,7,11H,1,5-6,8-9H2,(H,21,24)/t11-/m0/s1.